The minimum Gasteiger partial charge on any atom is -0.450 e. The van der Waals surface area contributed by atoms with Gasteiger partial charge in [-0.3, -0.25) is 4.79 Å². The van der Waals surface area contributed by atoms with Crippen LogP contribution in [0.1, 0.15) is 51.8 Å². The second-order valence-corrected chi connectivity index (χ2v) is 6.58. The molecule has 128 valence electrons. The molecule has 2 N–H and O–H groups in total. The van der Waals surface area contributed by atoms with E-state index in [2.05, 4.69) is 5.32 Å². The molecule has 1 atom stereocenters. The molecule has 1 aromatic carbocycles. The third-order valence-corrected chi connectivity index (χ3v) is 4.25. The van der Waals surface area contributed by atoms with Gasteiger partial charge < -0.3 is 15.2 Å². The highest BCUT2D eigenvalue weighted by Gasteiger charge is 2.49. The first-order valence-electron chi connectivity index (χ1n) is 7.90. The standard InChI is InChI=1S/C18H27NO4/c1-11(2)18(12(3)4,23-17(21)22)16(20)19-14(6)15-9-7-13(5)8-10-15/h7-12,14H,1-6H3,(H,19,20)(H,21,22). The Balaban J connectivity index is 3.05. The Morgan fingerprint density at radius 1 is 1.04 bits per heavy atom. The number of hydrogen-bond acceptors (Lipinski definition) is 3. The van der Waals surface area contributed by atoms with Crippen LogP contribution in [0.25, 0.3) is 0 Å². The monoisotopic (exact) mass is 321 g/mol. The van der Waals surface area contributed by atoms with Gasteiger partial charge in [-0.1, -0.05) is 57.5 Å². The lowest BCUT2D eigenvalue weighted by Crippen LogP contribution is -2.57. The molecule has 1 aromatic rings. The Kier molecular flexibility index (Phi) is 6.19. The Morgan fingerprint density at radius 3 is 1.91 bits per heavy atom. The van der Waals surface area contributed by atoms with Crippen LogP contribution in [0.5, 0.6) is 0 Å². The highest BCUT2D eigenvalue weighted by Crippen LogP contribution is 2.32. The third-order valence-electron chi connectivity index (χ3n) is 4.25. The largest absolute Gasteiger partial charge is 0.506 e. The third kappa shape index (κ3) is 4.24. The van der Waals surface area contributed by atoms with Crippen molar-refractivity contribution in [2.24, 2.45) is 11.8 Å². The molecule has 23 heavy (non-hydrogen) atoms. The number of benzene rings is 1. The van der Waals surface area contributed by atoms with Crippen LogP contribution >= 0.6 is 0 Å². The minimum absolute atomic E-state index is 0.239. The van der Waals surface area contributed by atoms with Gasteiger partial charge >= 0.3 is 6.16 Å². The quantitative estimate of drug-likeness (QED) is 0.779. The molecule has 0 bridgehead atoms. The van der Waals surface area contributed by atoms with Crippen molar-refractivity contribution in [2.75, 3.05) is 0 Å². The average molecular weight is 321 g/mol. The van der Waals surface area contributed by atoms with Gasteiger partial charge in [0.2, 0.25) is 0 Å². The van der Waals surface area contributed by atoms with E-state index >= 15 is 0 Å². The van der Waals surface area contributed by atoms with E-state index in [4.69, 9.17) is 9.84 Å². The van der Waals surface area contributed by atoms with E-state index in [-0.39, 0.29) is 17.9 Å². The molecule has 0 saturated carbocycles. The predicted octanol–water partition coefficient (Wildman–Crippen LogP) is 3.92. The van der Waals surface area contributed by atoms with Crippen LogP contribution in [0.4, 0.5) is 4.79 Å². The lowest BCUT2D eigenvalue weighted by atomic mass is 9.79. The van der Waals surface area contributed by atoms with Crippen LogP contribution in [0, 0.1) is 18.8 Å². The van der Waals surface area contributed by atoms with E-state index in [0.717, 1.165) is 11.1 Å². The number of carboxylic acid groups (broad SMARTS) is 1. The lowest BCUT2D eigenvalue weighted by Gasteiger charge is -2.38. The van der Waals surface area contributed by atoms with Gasteiger partial charge in [0, 0.05) is 11.8 Å². The SMILES string of the molecule is Cc1ccc(C(C)NC(=O)C(OC(=O)O)(C(C)C)C(C)C)cc1. The summed E-state index contributed by atoms with van der Waals surface area (Å²) in [5.41, 5.74) is 0.686. The van der Waals surface area contributed by atoms with Crippen molar-refractivity contribution < 1.29 is 19.4 Å². The lowest BCUT2D eigenvalue weighted by molar-refractivity contribution is -0.155. The summed E-state index contributed by atoms with van der Waals surface area (Å²) in [5, 5.41) is 12.0. The Morgan fingerprint density at radius 2 is 1.52 bits per heavy atom. The predicted molar refractivity (Wildman–Crippen MR) is 89.3 cm³/mol. The van der Waals surface area contributed by atoms with Gasteiger partial charge in [0.25, 0.3) is 5.91 Å². The molecule has 0 aliphatic carbocycles. The maximum atomic E-state index is 12.8. The molecule has 0 fully saturated rings. The highest BCUT2D eigenvalue weighted by molar-refractivity contribution is 5.88. The molecule has 1 rings (SSSR count). The fraction of sp³-hybridized carbons (Fsp3) is 0.556. The smallest absolute Gasteiger partial charge is 0.450 e. The molecule has 1 amide bonds. The summed E-state index contributed by atoms with van der Waals surface area (Å²) >= 11 is 0. The van der Waals surface area contributed by atoms with E-state index in [0.29, 0.717) is 0 Å². The van der Waals surface area contributed by atoms with Crippen LogP contribution in [-0.4, -0.2) is 22.8 Å². The maximum Gasteiger partial charge on any atom is 0.506 e. The number of carbonyl (C=O) groups excluding carboxylic acids is 1. The fourth-order valence-electron chi connectivity index (χ4n) is 2.87. The summed E-state index contributed by atoms with van der Waals surface area (Å²) in [7, 11) is 0. The normalized spacial score (nSPS) is 13.0. The molecular formula is C18H27NO4. The summed E-state index contributed by atoms with van der Waals surface area (Å²) in [6.45, 7) is 11.0. The first-order chi connectivity index (χ1) is 10.6. The number of nitrogens with one attached hydrogen (secondary N) is 1. The Hall–Kier alpha value is -2.04. The first-order valence-corrected chi connectivity index (χ1v) is 7.90. The highest BCUT2D eigenvalue weighted by atomic mass is 16.7. The zero-order valence-electron chi connectivity index (χ0n) is 14.7. The van der Waals surface area contributed by atoms with Gasteiger partial charge in [0.15, 0.2) is 5.60 Å². The number of hydrogen-bond donors (Lipinski definition) is 2. The number of ether oxygens (including phenoxy) is 1. The minimum atomic E-state index is -1.44. The number of amides is 1. The van der Waals surface area contributed by atoms with Gasteiger partial charge in [-0.15, -0.1) is 0 Å². The zero-order chi connectivity index (χ0) is 17.8. The van der Waals surface area contributed by atoms with Crippen molar-refractivity contribution in [3.63, 3.8) is 0 Å². The van der Waals surface area contributed by atoms with E-state index < -0.39 is 17.7 Å². The van der Waals surface area contributed by atoms with Crippen molar-refractivity contribution in [1.82, 2.24) is 5.32 Å². The Labute approximate surface area is 138 Å². The molecule has 0 radical (unpaired) electrons. The second-order valence-electron chi connectivity index (χ2n) is 6.58. The number of aryl methyl sites for hydroxylation is 1. The first kappa shape index (κ1) is 19.0. The van der Waals surface area contributed by atoms with Crippen LogP contribution in [-0.2, 0) is 9.53 Å². The average Bonchev–Trinajstić information content (AvgIpc) is 2.44. The summed E-state index contributed by atoms with van der Waals surface area (Å²) in [4.78, 5) is 24.0. The molecule has 0 aromatic heterocycles. The molecule has 0 heterocycles. The molecular weight excluding hydrogens is 294 g/mol. The van der Waals surface area contributed by atoms with Crippen LogP contribution < -0.4 is 5.32 Å². The van der Waals surface area contributed by atoms with Gasteiger partial charge in [0.05, 0.1) is 6.04 Å². The topological polar surface area (TPSA) is 75.6 Å². The molecule has 0 saturated heterocycles. The summed E-state index contributed by atoms with van der Waals surface area (Å²) in [5.74, 6) is -0.981. The van der Waals surface area contributed by atoms with Crippen LogP contribution in [0.2, 0.25) is 0 Å². The molecule has 5 heteroatoms. The van der Waals surface area contributed by atoms with Crippen LogP contribution in [0.3, 0.4) is 0 Å². The molecule has 1 unspecified atom stereocenters. The van der Waals surface area contributed by atoms with E-state index in [1.807, 2.05) is 38.1 Å². The second kappa shape index (κ2) is 7.49. The van der Waals surface area contributed by atoms with E-state index in [9.17, 15) is 9.59 Å². The van der Waals surface area contributed by atoms with Gasteiger partial charge in [-0.2, -0.15) is 0 Å². The van der Waals surface area contributed by atoms with Gasteiger partial charge in [-0.05, 0) is 19.4 Å². The number of carbonyl (C=O) groups is 2. The van der Waals surface area contributed by atoms with Crippen molar-refractivity contribution in [3.8, 4) is 0 Å². The molecule has 0 spiro atoms. The summed E-state index contributed by atoms with van der Waals surface area (Å²) in [6.07, 6.45) is -1.44. The molecule has 5 nitrogen and oxygen atoms in total. The van der Waals surface area contributed by atoms with Crippen molar-refractivity contribution in [2.45, 2.75) is 53.2 Å². The van der Waals surface area contributed by atoms with E-state index in [1.54, 1.807) is 27.7 Å². The summed E-state index contributed by atoms with van der Waals surface area (Å²) < 4.78 is 5.08. The van der Waals surface area contributed by atoms with Gasteiger partial charge in [0.1, 0.15) is 0 Å². The van der Waals surface area contributed by atoms with Gasteiger partial charge in [-0.25, -0.2) is 4.79 Å². The van der Waals surface area contributed by atoms with Crippen LogP contribution in [0.15, 0.2) is 24.3 Å². The van der Waals surface area contributed by atoms with E-state index in [1.165, 1.54) is 0 Å². The molecule has 0 aliphatic heterocycles. The maximum absolute atomic E-state index is 12.8. The summed E-state index contributed by atoms with van der Waals surface area (Å²) in [6, 6.07) is 7.61. The van der Waals surface area contributed by atoms with Crippen molar-refractivity contribution in [1.29, 1.82) is 0 Å². The molecule has 0 aliphatic rings. The van der Waals surface area contributed by atoms with Crippen molar-refractivity contribution in [3.05, 3.63) is 35.4 Å². The Bertz CT molecular complexity index is 541. The zero-order valence-corrected chi connectivity index (χ0v) is 14.7. The van der Waals surface area contributed by atoms with Crippen molar-refractivity contribution >= 4 is 12.1 Å². The number of rotatable bonds is 6. The fourth-order valence-corrected chi connectivity index (χ4v) is 2.87.